The predicted octanol–water partition coefficient (Wildman–Crippen LogP) is 25.2. The average molecular weight is 1620 g/mol. The highest BCUT2D eigenvalue weighted by Crippen LogP contribution is 2.58. The molecule has 6 heterocycles. The molecular formula is C118H80B3N3O3. The van der Waals surface area contributed by atoms with Crippen molar-refractivity contribution in [1.82, 2.24) is 0 Å². The summed E-state index contributed by atoms with van der Waals surface area (Å²) < 4.78 is 24.6. The van der Waals surface area contributed by atoms with Crippen LogP contribution in [0.4, 0.5) is 51.2 Å². The van der Waals surface area contributed by atoms with Gasteiger partial charge in [0.2, 0.25) is 0 Å². The van der Waals surface area contributed by atoms with E-state index < -0.39 is 18.8 Å². The van der Waals surface area contributed by atoms with Crippen molar-refractivity contribution in [3.05, 3.63) is 436 Å². The van der Waals surface area contributed by atoms with Crippen LogP contribution in [0.15, 0.2) is 431 Å². The van der Waals surface area contributed by atoms with Crippen molar-refractivity contribution in [3.8, 4) is 135 Å². The zero-order valence-corrected chi connectivity index (χ0v) is 70.3. The Hall–Kier alpha value is -15.8. The Kier molecular flexibility index (Phi) is 17.1. The monoisotopic (exact) mass is 1620 g/mol. The zero-order valence-electron chi connectivity index (χ0n) is 70.3. The first-order valence-corrected chi connectivity index (χ1v) is 44.1. The van der Waals surface area contributed by atoms with Crippen molar-refractivity contribution >= 4 is 120 Å². The molecule has 0 saturated carbocycles. The first-order chi connectivity index (χ1) is 62.7. The molecule has 0 unspecified atom stereocenters. The van der Waals surface area contributed by atoms with Gasteiger partial charge < -0.3 is 28.9 Å². The van der Waals surface area contributed by atoms with Crippen LogP contribution >= 0.6 is 0 Å². The normalized spacial score (nSPS) is 13.1. The topological polar surface area (TPSA) is 37.4 Å². The summed E-state index contributed by atoms with van der Waals surface area (Å²) in [5.74, 6) is 4.63. The Morgan fingerprint density at radius 2 is 0.520 bits per heavy atom. The quantitative estimate of drug-likeness (QED) is 0.114. The van der Waals surface area contributed by atoms with Crippen LogP contribution in [0.3, 0.4) is 0 Å². The maximum atomic E-state index is 8.68. The van der Waals surface area contributed by atoms with Gasteiger partial charge in [0.05, 0.1) is 17.1 Å². The van der Waals surface area contributed by atoms with Gasteiger partial charge in [-0.2, -0.15) is 0 Å². The molecule has 6 aliphatic rings. The van der Waals surface area contributed by atoms with Crippen LogP contribution in [0.25, 0.3) is 100 Å². The molecule has 0 aliphatic carbocycles. The number of anilines is 9. The van der Waals surface area contributed by atoms with Crippen molar-refractivity contribution in [1.29, 1.82) is 0 Å². The van der Waals surface area contributed by atoms with E-state index in [0.29, 0.717) is 0 Å². The second-order valence-electron chi connectivity index (χ2n) is 35.2. The predicted molar refractivity (Wildman–Crippen MR) is 532 cm³/mol. The number of ether oxygens (including phenoxy) is 3. The fourth-order valence-electron chi connectivity index (χ4n) is 21.2. The van der Waals surface area contributed by atoms with E-state index in [0.717, 1.165) is 235 Å². The van der Waals surface area contributed by atoms with Gasteiger partial charge in [0, 0.05) is 73.5 Å². The Morgan fingerprint density at radius 1 is 0.189 bits per heavy atom. The lowest BCUT2D eigenvalue weighted by atomic mass is 9.28. The molecule has 19 aromatic rings. The summed E-state index contributed by atoms with van der Waals surface area (Å²) in [6.45, 7) is 5.76. The highest BCUT2D eigenvalue weighted by Gasteiger charge is 2.55. The number of benzene rings is 19. The fraction of sp³-hybridized carbons (Fsp3) is 0.0339. The van der Waals surface area contributed by atoms with Crippen molar-refractivity contribution in [2.75, 3.05) is 14.7 Å². The molecule has 0 aromatic heterocycles. The first-order valence-electron chi connectivity index (χ1n) is 44.1. The van der Waals surface area contributed by atoms with Gasteiger partial charge in [0.1, 0.15) is 34.5 Å². The minimum atomic E-state index is -0.539. The summed E-state index contributed by atoms with van der Waals surface area (Å²) in [6.07, 6.45) is 0. The van der Waals surface area contributed by atoms with Crippen LogP contribution in [-0.4, -0.2) is 20.1 Å². The molecule has 6 aliphatic heterocycles. The molecule has 9 heteroatoms. The highest BCUT2D eigenvalue weighted by molar-refractivity contribution is 7.05. The van der Waals surface area contributed by atoms with E-state index in [1.165, 1.54) is 5.56 Å². The molecule has 25 rings (SSSR count). The Balaban J connectivity index is 0.864. The lowest BCUT2D eigenvalue weighted by molar-refractivity contribution is 0.467. The molecule has 594 valence electrons. The summed E-state index contributed by atoms with van der Waals surface area (Å²) in [5.41, 5.74) is 39.2. The molecule has 0 radical (unpaired) electrons. The third-order valence-electron chi connectivity index (χ3n) is 27.0. The van der Waals surface area contributed by atoms with Gasteiger partial charge in [-0.25, -0.2) is 0 Å². The summed E-state index contributed by atoms with van der Waals surface area (Å²) >= 11 is 0. The van der Waals surface area contributed by atoms with Crippen molar-refractivity contribution in [2.24, 2.45) is 0 Å². The van der Waals surface area contributed by atoms with Crippen molar-refractivity contribution in [3.63, 3.8) is 0 Å². The standard InChI is InChI=1S/C118H80B3N3O3/c1-118(2,3)88-71-100-109-101(72-88)124(115-92(82-49-27-11-28-50-82)56-34-57-93(115)83-51-29-12-30-52-83)103-73-102-110-116(111(103)120(109)94-63-59-86(77-39-17-6-18-40-77)69-99(94)123(100)114-90(80-45-23-9-24-46-80)54-33-55-91(114)81-47-25-10-26-48-81)127-107-70-87(78-41-19-7-20-42-78)60-64-95(107)121(110)112-104(122(102)98-58-32-31-53-89(98)79-43-21-8-22-44-79)74-108-113-117(112)126-106-66-62-85(76-37-15-5-16-38-76)68-97(106)119(113)96-67-84(61-65-105(96)125-108)75-35-13-4-14-36-75/h4-74H,1-3H3. The van der Waals surface area contributed by atoms with E-state index in [4.69, 9.17) is 14.2 Å². The van der Waals surface area contributed by atoms with Gasteiger partial charge in [-0.1, -0.05) is 397 Å². The average Bonchev–Trinajstić information content (AvgIpc) is 0.668. The van der Waals surface area contributed by atoms with E-state index in [-0.39, 0.29) is 6.71 Å². The van der Waals surface area contributed by atoms with Gasteiger partial charge in [-0.3, -0.25) is 0 Å². The zero-order chi connectivity index (χ0) is 84.1. The Morgan fingerprint density at radius 3 is 0.976 bits per heavy atom. The number of para-hydroxylation sites is 3. The lowest BCUT2D eigenvalue weighted by Crippen LogP contribution is -2.67. The smallest absolute Gasteiger partial charge is 0.261 e. The molecule has 127 heavy (non-hydrogen) atoms. The van der Waals surface area contributed by atoms with Crippen molar-refractivity contribution < 1.29 is 14.2 Å². The van der Waals surface area contributed by atoms with E-state index in [9.17, 15) is 0 Å². The number of hydrogen-bond donors (Lipinski definition) is 0. The summed E-state index contributed by atoms with van der Waals surface area (Å²) in [5, 5.41) is 0. The number of rotatable bonds is 12. The molecule has 19 aromatic carbocycles. The first kappa shape index (κ1) is 73.9. The fourth-order valence-corrected chi connectivity index (χ4v) is 21.2. The third-order valence-corrected chi connectivity index (χ3v) is 27.0. The van der Waals surface area contributed by atoms with Crippen LogP contribution < -0.4 is 78.1 Å². The second kappa shape index (κ2) is 29.4. The van der Waals surface area contributed by atoms with Gasteiger partial charge >= 0.3 is 0 Å². The second-order valence-corrected chi connectivity index (χ2v) is 35.2. The highest BCUT2D eigenvalue weighted by atomic mass is 16.5. The van der Waals surface area contributed by atoms with Crippen LogP contribution in [-0.2, 0) is 5.41 Å². The number of hydrogen-bond acceptors (Lipinski definition) is 6. The van der Waals surface area contributed by atoms with Crippen LogP contribution in [0.5, 0.6) is 34.5 Å². The van der Waals surface area contributed by atoms with E-state index in [1.54, 1.807) is 0 Å². The van der Waals surface area contributed by atoms with E-state index >= 15 is 0 Å². The minimum Gasteiger partial charge on any atom is -0.459 e. The molecular weight excluding hydrogens is 1540 g/mol. The maximum absolute atomic E-state index is 8.68. The van der Waals surface area contributed by atoms with Gasteiger partial charge in [-0.15, -0.1) is 0 Å². The third kappa shape index (κ3) is 11.9. The summed E-state index contributed by atoms with van der Waals surface area (Å²) in [6, 6.07) is 159. The Labute approximate surface area is 741 Å². The summed E-state index contributed by atoms with van der Waals surface area (Å²) in [7, 11) is 0. The van der Waals surface area contributed by atoms with E-state index in [1.807, 2.05) is 0 Å². The minimum absolute atomic E-state index is 0.341. The summed E-state index contributed by atoms with van der Waals surface area (Å²) in [4.78, 5) is 7.95. The van der Waals surface area contributed by atoms with Gasteiger partial charge in [-0.05, 0) is 176 Å². The lowest BCUT2D eigenvalue weighted by Gasteiger charge is -2.49. The SMILES string of the molecule is CC(C)(C)c1cc2c3c(c1)N(c1c(-c4ccccc4)cccc1-c1ccccc1)c1cc4c5c(c1B3c1ccc(-c3ccccc3)cc1N2c1c(-c2ccccc2)cccc1-c1ccccc1)Oc1cc(-c2ccccc2)ccc1B5c1c(cc2c3c1Oc1ccc(-c5ccccc5)cc1B3c1cc(-c3ccccc3)ccc1O2)N4c1ccccc1-c1ccccc1. The molecule has 0 fully saturated rings. The maximum Gasteiger partial charge on any atom is 0.261 e. The molecule has 0 amide bonds. The van der Waals surface area contributed by atoms with Gasteiger partial charge in [0.15, 0.2) is 0 Å². The van der Waals surface area contributed by atoms with E-state index in [2.05, 4.69) is 466 Å². The number of nitrogens with zero attached hydrogens (tertiary/aromatic N) is 3. The number of fused-ring (bicyclic) bond motifs is 14. The van der Waals surface area contributed by atoms with Crippen LogP contribution in [0.1, 0.15) is 26.3 Å². The molecule has 0 saturated heterocycles. The largest absolute Gasteiger partial charge is 0.459 e. The van der Waals surface area contributed by atoms with Crippen molar-refractivity contribution in [2.45, 2.75) is 26.2 Å². The molecule has 0 N–H and O–H groups in total. The molecule has 0 atom stereocenters. The Bertz CT molecular complexity index is 7480. The van der Waals surface area contributed by atoms with Crippen LogP contribution in [0, 0.1) is 0 Å². The molecule has 6 nitrogen and oxygen atoms in total. The van der Waals surface area contributed by atoms with Gasteiger partial charge in [0.25, 0.3) is 20.1 Å². The van der Waals surface area contributed by atoms with Crippen LogP contribution in [0.2, 0.25) is 0 Å². The molecule has 0 bridgehead atoms. The molecule has 0 spiro atoms.